The molecule has 8 heteroatoms. The minimum Gasteiger partial charge on any atom is -1.00 e. The van der Waals surface area contributed by atoms with Gasteiger partial charge in [0.05, 0.1) is 0 Å². The van der Waals surface area contributed by atoms with Gasteiger partial charge in [-0.3, -0.25) is 0 Å². The molecule has 0 aromatic carbocycles. The van der Waals surface area contributed by atoms with Crippen LogP contribution in [0.25, 0.3) is 0 Å². The zero-order valence-corrected chi connectivity index (χ0v) is 12.0. The van der Waals surface area contributed by atoms with Crippen LogP contribution in [0.4, 0.5) is 4.79 Å². The summed E-state index contributed by atoms with van der Waals surface area (Å²) in [4.78, 5) is 8.33. The monoisotopic (exact) mass is 217 g/mol. The number of carbonyl (C=O) groups excluding carboxylic acids is 1. The van der Waals surface area contributed by atoms with Crippen molar-refractivity contribution < 1.29 is 69.4 Å². The summed E-state index contributed by atoms with van der Waals surface area (Å²) in [6.45, 7) is 0. The number of hydrogen-bond donors (Lipinski definition) is 0. The van der Waals surface area contributed by atoms with Gasteiger partial charge in [0.15, 0.2) is 0 Å². The summed E-state index contributed by atoms with van der Waals surface area (Å²) < 4.78 is 0. The van der Waals surface area contributed by atoms with E-state index in [0.29, 0.717) is 0 Å². The number of hydrogen-bond acceptors (Lipinski definition) is 3. The van der Waals surface area contributed by atoms with Crippen LogP contribution in [-0.4, -0.2) is 66.9 Å². The van der Waals surface area contributed by atoms with Gasteiger partial charge in [0.2, 0.25) is 0 Å². The van der Waals surface area contributed by atoms with Crippen LogP contribution in [0.3, 0.4) is 0 Å². The Morgan fingerprint density at radius 2 is 1.11 bits per heavy atom. The van der Waals surface area contributed by atoms with Gasteiger partial charge in [-0.15, -0.1) is 0 Å². The van der Waals surface area contributed by atoms with Crippen molar-refractivity contribution in [2.75, 3.05) is 0 Å². The Morgan fingerprint density at radius 1 is 1.11 bits per heavy atom. The van der Waals surface area contributed by atoms with E-state index in [1.807, 2.05) is 0 Å². The molecule has 0 radical (unpaired) electrons. The van der Waals surface area contributed by atoms with Gasteiger partial charge >= 0.3 is 90.3 Å². The fourth-order valence-corrected chi connectivity index (χ4v) is 0. The van der Waals surface area contributed by atoms with Crippen LogP contribution < -0.4 is 64.6 Å². The third-order valence-electron chi connectivity index (χ3n) is 0. The van der Waals surface area contributed by atoms with E-state index in [0.717, 1.165) is 0 Å². The Hall–Kier alpha value is 2.88. The average Bonchev–Trinajstić information content (AvgIpc) is 0.811. The molecular weight excluding hydrogens is 218 g/mol. The summed E-state index contributed by atoms with van der Waals surface area (Å²) >= 11 is 0. The maximum Gasteiger partial charge on any atom is 2.00 e. The molecule has 0 aliphatic rings. The summed E-state index contributed by atoms with van der Waals surface area (Å²) in [6.07, 6.45) is -2.33. The molecule has 0 atom stereocenters. The van der Waals surface area contributed by atoms with Gasteiger partial charge < -0.3 is 39.8 Å². The maximum absolute atomic E-state index is 8.33. The van der Waals surface area contributed by atoms with E-state index >= 15 is 0 Å². The average molecular weight is 218 g/mol. The zero-order chi connectivity index (χ0) is 3.58. The summed E-state index contributed by atoms with van der Waals surface area (Å²) in [6, 6.07) is 0. The van der Waals surface area contributed by atoms with Crippen molar-refractivity contribution in [2.45, 2.75) is 0 Å². The summed E-state index contributed by atoms with van der Waals surface area (Å²) in [5.74, 6) is 0. The molecule has 0 rings (SSSR count). The molecule has 0 unspecified atom stereocenters. The van der Waals surface area contributed by atoms with Gasteiger partial charge in [-0.2, -0.15) is 0 Å². The topological polar surface area (TPSA) is 63.2 Å². The van der Waals surface area contributed by atoms with Gasteiger partial charge in [0.25, 0.3) is 0 Å². The first kappa shape index (κ1) is 40.7. The van der Waals surface area contributed by atoms with Crippen molar-refractivity contribution in [1.82, 2.24) is 0 Å². The second-order valence-electron chi connectivity index (χ2n) is 0.250. The summed E-state index contributed by atoms with van der Waals surface area (Å²) in [5, 5.41) is 16.7. The molecule has 9 heavy (non-hydrogen) atoms. The van der Waals surface area contributed by atoms with E-state index in [1.165, 1.54) is 0 Å². The minimum absolute atomic E-state index is 0. The normalized spacial score (nSPS) is 2.67. The van der Waals surface area contributed by atoms with Crippen molar-refractivity contribution >= 4 is 66.9 Å². The predicted octanol–water partition coefficient (Wildman–Crippen LogP) is -12.2. The van der Waals surface area contributed by atoms with Crippen LogP contribution in [0.15, 0.2) is 0 Å². The first-order chi connectivity index (χ1) is 1.73. The van der Waals surface area contributed by atoms with Crippen LogP contribution in [-0.2, 0) is 0 Å². The number of carboxylic acid groups (broad SMARTS) is 2. The predicted molar refractivity (Wildman–Crippen MR) is 16.9 cm³/mol. The van der Waals surface area contributed by atoms with E-state index in [1.54, 1.807) is 0 Å². The Morgan fingerprint density at radius 3 is 1.11 bits per heavy atom. The molecule has 0 amide bonds. The first-order valence-corrected chi connectivity index (χ1v) is 0.612. The van der Waals surface area contributed by atoms with Crippen molar-refractivity contribution in [3.8, 4) is 0 Å². The van der Waals surface area contributed by atoms with Crippen molar-refractivity contribution in [3.63, 3.8) is 0 Å². The molecule has 0 bridgehead atoms. The molecule has 0 saturated heterocycles. The van der Waals surface area contributed by atoms with Crippen LogP contribution in [0.1, 0.15) is 0 Å². The molecule has 0 aliphatic carbocycles. The van der Waals surface area contributed by atoms with Crippen LogP contribution in [0.2, 0.25) is 0 Å². The molecular formula is CCaCl2MgNaO3+. The third kappa shape index (κ3) is 104. The van der Waals surface area contributed by atoms with Crippen molar-refractivity contribution in [3.05, 3.63) is 0 Å². The maximum atomic E-state index is 8.33. The molecule has 0 heterocycles. The minimum atomic E-state index is -2.33. The second-order valence-corrected chi connectivity index (χ2v) is 0.250. The van der Waals surface area contributed by atoms with E-state index < -0.39 is 6.16 Å². The molecule has 0 aromatic heterocycles. The number of halogens is 2. The van der Waals surface area contributed by atoms with Gasteiger partial charge in [0.1, 0.15) is 0 Å². The fraction of sp³-hybridized carbons (Fsp3) is 0. The largest absolute Gasteiger partial charge is 2.00 e. The van der Waals surface area contributed by atoms with Crippen LogP contribution >= 0.6 is 0 Å². The Balaban J connectivity index is -0.00000000450. The molecule has 3 nitrogen and oxygen atoms in total. The van der Waals surface area contributed by atoms with Gasteiger partial charge in [-0.25, -0.2) is 0 Å². The Labute approximate surface area is 134 Å². The molecule has 40 valence electrons. The molecule has 0 N–H and O–H groups in total. The molecule has 0 aromatic rings. The fourth-order valence-electron chi connectivity index (χ4n) is 0. The number of rotatable bonds is 0. The van der Waals surface area contributed by atoms with Gasteiger partial charge in [0, 0.05) is 0 Å². The standard InChI is InChI=1S/CH2O3.Ca.2ClH.Mg.Na/c2-1(3)4;;;;;/h(H2,2,3,4);;2*1H;;/q;+2;;;+2;+1/p-4. The Kier molecular flexibility index (Phi) is 139. The van der Waals surface area contributed by atoms with E-state index in [-0.39, 0.29) is 115 Å². The Bertz CT molecular complexity index is 44.8. The smallest absolute Gasteiger partial charge is 1.00 e. The molecule has 0 spiro atoms. The van der Waals surface area contributed by atoms with E-state index in [4.69, 9.17) is 15.0 Å². The molecule has 0 aliphatic heterocycles. The zero-order valence-electron chi connectivity index (χ0n) is 4.89. The molecule has 0 fully saturated rings. The second kappa shape index (κ2) is 30.7. The van der Waals surface area contributed by atoms with Gasteiger partial charge in [-0.05, 0) is 6.16 Å². The summed E-state index contributed by atoms with van der Waals surface area (Å²) in [7, 11) is 0. The van der Waals surface area contributed by atoms with E-state index in [9.17, 15) is 0 Å². The number of carbonyl (C=O) groups is 1. The van der Waals surface area contributed by atoms with Crippen molar-refractivity contribution in [1.29, 1.82) is 0 Å². The summed E-state index contributed by atoms with van der Waals surface area (Å²) in [5.41, 5.74) is 0. The van der Waals surface area contributed by atoms with Crippen molar-refractivity contribution in [2.24, 2.45) is 0 Å². The van der Waals surface area contributed by atoms with Crippen LogP contribution in [0.5, 0.6) is 0 Å². The van der Waals surface area contributed by atoms with E-state index in [2.05, 4.69) is 0 Å². The SMILES string of the molecule is O=C([O-])[O-].[Ca+2].[Cl-].[Cl-].[Mg+2].[Na+]. The van der Waals surface area contributed by atoms with Gasteiger partial charge in [-0.1, -0.05) is 0 Å². The molecule has 0 saturated carbocycles. The third-order valence-corrected chi connectivity index (χ3v) is 0. The first-order valence-electron chi connectivity index (χ1n) is 0.612. The quantitative estimate of drug-likeness (QED) is 0.379. The van der Waals surface area contributed by atoms with Crippen LogP contribution in [0, 0.1) is 0 Å².